The van der Waals surface area contributed by atoms with Gasteiger partial charge in [0, 0.05) is 35.0 Å². The predicted molar refractivity (Wildman–Crippen MR) is 136 cm³/mol. The van der Waals surface area contributed by atoms with Crippen LogP contribution in [0.2, 0.25) is 0 Å². The number of aryl methyl sites for hydroxylation is 1. The van der Waals surface area contributed by atoms with Crippen LogP contribution >= 0.6 is 11.8 Å². The Balaban J connectivity index is 1.39. The van der Waals surface area contributed by atoms with Crippen molar-refractivity contribution in [2.24, 2.45) is 0 Å². The summed E-state index contributed by atoms with van der Waals surface area (Å²) in [5.41, 5.74) is 4.10. The highest BCUT2D eigenvalue weighted by atomic mass is 32.2. The summed E-state index contributed by atoms with van der Waals surface area (Å²) in [6.45, 7) is 5.46. The first-order valence-electron chi connectivity index (χ1n) is 11.8. The van der Waals surface area contributed by atoms with Gasteiger partial charge >= 0.3 is 0 Å². The number of thioether (sulfide) groups is 1. The summed E-state index contributed by atoms with van der Waals surface area (Å²) in [5, 5.41) is 13.5. The van der Waals surface area contributed by atoms with E-state index in [1.54, 1.807) is 0 Å². The van der Waals surface area contributed by atoms with E-state index in [9.17, 15) is 4.79 Å². The molecule has 8 heteroatoms. The summed E-state index contributed by atoms with van der Waals surface area (Å²) in [6, 6.07) is 16.1. The van der Waals surface area contributed by atoms with E-state index in [0.717, 1.165) is 59.0 Å². The van der Waals surface area contributed by atoms with E-state index < -0.39 is 0 Å². The van der Waals surface area contributed by atoms with Crippen LogP contribution in [0.1, 0.15) is 32.3 Å². The van der Waals surface area contributed by atoms with Crippen LogP contribution in [0.15, 0.2) is 59.9 Å². The molecule has 0 bridgehead atoms. The second-order valence-electron chi connectivity index (χ2n) is 8.60. The minimum atomic E-state index is -0.339. The SMILES string of the molecule is CCc1ccc(NC(=O)C(C)Sc2nnc(-c3c[nH]c4ccccc34)n2CC2CCCO2)cc1. The normalized spacial score (nSPS) is 16.7. The molecule has 5 rings (SSSR count). The summed E-state index contributed by atoms with van der Waals surface area (Å²) in [5.74, 6) is 0.729. The molecule has 176 valence electrons. The maximum absolute atomic E-state index is 12.9. The number of hydrogen-bond acceptors (Lipinski definition) is 5. The molecule has 2 N–H and O–H groups in total. The number of anilines is 1. The highest BCUT2D eigenvalue weighted by Crippen LogP contribution is 2.32. The van der Waals surface area contributed by atoms with E-state index in [1.165, 1.54) is 17.3 Å². The maximum Gasteiger partial charge on any atom is 0.237 e. The number of fused-ring (bicyclic) bond motifs is 1. The van der Waals surface area contributed by atoms with Gasteiger partial charge in [-0.1, -0.05) is 49.0 Å². The smallest absolute Gasteiger partial charge is 0.237 e. The number of nitrogens with zero attached hydrogens (tertiary/aromatic N) is 3. The highest BCUT2D eigenvalue weighted by Gasteiger charge is 2.25. The Morgan fingerprint density at radius 3 is 2.82 bits per heavy atom. The number of ether oxygens (including phenoxy) is 1. The molecule has 2 atom stereocenters. The fraction of sp³-hybridized carbons (Fsp3) is 0.346. The van der Waals surface area contributed by atoms with Gasteiger partial charge < -0.3 is 15.0 Å². The second-order valence-corrected chi connectivity index (χ2v) is 9.91. The van der Waals surface area contributed by atoms with Crippen LogP contribution < -0.4 is 5.32 Å². The van der Waals surface area contributed by atoms with Crippen LogP contribution in [-0.4, -0.2) is 43.6 Å². The topological polar surface area (TPSA) is 84.8 Å². The molecule has 1 saturated heterocycles. The van der Waals surface area contributed by atoms with E-state index in [1.807, 2.05) is 49.5 Å². The lowest BCUT2D eigenvalue weighted by atomic mass is 10.1. The van der Waals surface area contributed by atoms with Crippen LogP contribution in [-0.2, 0) is 22.5 Å². The van der Waals surface area contributed by atoms with Crippen LogP contribution in [0.4, 0.5) is 5.69 Å². The van der Waals surface area contributed by atoms with Gasteiger partial charge in [0.05, 0.1) is 17.9 Å². The fourth-order valence-corrected chi connectivity index (χ4v) is 5.13. The Labute approximate surface area is 203 Å². The van der Waals surface area contributed by atoms with Crippen LogP contribution in [0.5, 0.6) is 0 Å². The molecule has 1 fully saturated rings. The molecule has 1 amide bonds. The Morgan fingerprint density at radius 2 is 2.06 bits per heavy atom. The van der Waals surface area contributed by atoms with Crippen molar-refractivity contribution >= 4 is 34.3 Å². The van der Waals surface area contributed by atoms with Gasteiger partial charge in [-0.15, -0.1) is 10.2 Å². The summed E-state index contributed by atoms with van der Waals surface area (Å²) in [6.07, 6.45) is 5.15. The summed E-state index contributed by atoms with van der Waals surface area (Å²) >= 11 is 1.42. The summed E-state index contributed by atoms with van der Waals surface area (Å²) in [7, 11) is 0. The van der Waals surface area contributed by atoms with E-state index in [4.69, 9.17) is 4.74 Å². The first-order valence-corrected chi connectivity index (χ1v) is 12.7. The summed E-state index contributed by atoms with van der Waals surface area (Å²) < 4.78 is 8.03. The van der Waals surface area contributed by atoms with Crippen molar-refractivity contribution in [1.29, 1.82) is 0 Å². The quantitative estimate of drug-likeness (QED) is 0.338. The van der Waals surface area contributed by atoms with Gasteiger partial charge in [0.15, 0.2) is 11.0 Å². The number of aromatic amines is 1. The Kier molecular flexibility index (Phi) is 6.69. The zero-order valence-corrected chi connectivity index (χ0v) is 20.3. The van der Waals surface area contributed by atoms with E-state index in [0.29, 0.717) is 6.54 Å². The molecule has 0 aliphatic carbocycles. The number of benzene rings is 2. The number of rotatable bonds is 8. The van der Waals surface area contributed by atoms with Crippen molar-refractivity contribution in [1.82, 2.24) is 19.7 Å². The molecule has 0 saturated carbocycles. The molecule has 0 radical (unpaired) electrons. The standard InChI is InChI=1S/C26H29N5O2S/c1-3-18-10-12-19(13-11-18)28-25(32)17(2)34-26-30-29-24(31(26)16-20-7-6-14-33-20)22-15-27-23-9-5-4-8-21(22)23/h4-5,8-13,15,17,20,27H,3,6-7,14,16H2,1-2H3,(H,28,32). The number of carbonyl (C=O) groups excluding carboxylic acids is 1. The first-order chi connectivity index (χ1) is 16.6. The molecular weight excluding hydrogens is 446 g/mol. The minimum absolute atomic E-state index is 0.0606. The Bertz CT molecular complexity index is 1270. The number of carbonyl (C=O) groups is 1. The van der Waals surface area contributed by atoms with E-state index in [-0.39, 0.29) is 17.3 Å². The van der Waals surface area contributed by atoms with E-state index >= 15 is 0 Å². The zero-order chi connectivity index (χ0) is 23.5. The largest absolute Gasteiger partial charge is 0.376 e. The molecule has 1 aliphatic heterocycles. The van der Waals surface area contributed by atoms with Gasteiger partial charge in [-0.2, -0.15) is 0 Å². The van der Waals surface area contributed by atoms with Crippen molar-refractivity contribution in [3.8, 4) is 11.4 Å². The number of aromatic nitrogens is 4. The number of nitrogens with one attached hydrogen (secondary N) is 2. The maximum atomic E-state index is 12.9. The van der Waals surface area contributed by atoms with Gasteiger partial charge in [-0.25, -0.2) is 0 Å². The average molecular weight is 476 g/mol. The highest BCUT2D eigenvalue weighted by molar-refractivity contribution is 8.00. The lowest BCUT2D eigenvalue weighted by molar-refractivity contribution is -0.115. The molecule has 7 nitrogen and oxygen atoms in total. The molecule has 2 unspecified atom stereocenters. The van der Waals surface area contributed by atoms with Gasteiger partial charge in [0.2, 0.25) is 5.91 Å². The van der Waals surface area contributed by atoms with Crippen LogP contribution in [0.25, 0.3) is 22.3 Å². The Hall–Kier alpha value is -3.10. The average Bonchev–Trinajstić information content (AvgIpc) is 3.61. The molecule has 0 spiro atoms. The van der Waals surface area contributed by atoms with Crippen molar-refractivity contribution in [3.05, 3.63) is 60.3 Å². The molecule has 1 aliphatic rings. The van der Waals surface area contributed by atoms with Crippen molar-refractivity contribution < 1.29 is 9.53 Å². The third kappa shape index (κ3) is 4.74. The number of amides is 1. The number of para-hydroxylation sites is 1. The number of hydrogen-bond donors (Lipinski definition) is 2. The summed E-state index contributed by atoms with van der Waals surface area (Å²) in [4.78, 5) is 16.2. The third-order valence-electron chi connectivity index (χ3n) is 6.24. The molecule has 4 aromatic rings. The third-order valence-corrected chi connectivity index (χ3v) is 7.32. The predicted octanol–water partition coefficient (Wildman–Crippen LogP) is 5.29. The van der Waals surface area contributed by atoms with Crippen molar-refractivity contribution in [3.63, 3.8) is 0 Å². The lowest BCUT2D eigenvalue weighted by Crippen LogP contribution is -2.23. The molecular formula is C26H29N5O2S. The lowest BCUT2D eigenvalue weighted by Gasteiger charge is -2.16. The van der Waals surface area contributed by atoms with Gasteiger partial charge in [0.25, 0.3) is 0 Å². The monoisotopic (exact) mass is 475 g/mol. The molecule has 34 heavy (non-hydrogen) atoms. The first kappa shape index (κ1) is 22.7. The number of H-pyrrole nitrogens is 1. The zero-order valence-electron chi connectivity index (χ0n) is 19.5. The van der Waals surface area contributed by atoms with Crippen molar-refractivity contribution in [2.45, 2.75) is 56.2 Å². The van der Waals surface area contributed by atoms with Gasteiger partial charge in [-0.3, -0.25) is 9.36 Å². The molecule has 2 aromatic carbocycles. The van der Waals surface area contributed by atoms with Crippen LogP contribution in [0.3, 0.4) is 0 Å². The fourth-order valence-electron chi connectivity index (χ4n) is 4.27. The van der Waals surface area contributed by atoms with E-state index in [2.05, 4.69) is 44.1 Å². The van der Waals surface area contributed by atoms with Crippen LogP contribution in [0, 0.1) is 0 Å². The minimum Gasteiger partial charge on any atom is -0.376 e. The van der Waals surface area contributed by atoms with Gasteiger partial charge in [0.1, 0.15) is 0 Å². The second kappa shape index (κ2) is 10.0. The molecule has 2 aromatic heterocycles. The molecule has 3 heterocycles. The van der Waals surface area contributed by atoms with Gasteiger partial charge in [-0.05, 0) is 49.9 Å². The van der Waals surface area contributed by atoms with Crippen molar-refractivity contribution in [2.75, 3.05) is 11.9 Å². The Morgan fingerprint density at radius 1 is 1.24 bits per heavy atom.